The van der Waals surface area contributed by atoms with Crippen LogP contribution in [0.15, 0.2) is 36.7 Å². The molecular weight excluding hydrogens is 518 g/mol. The van der Waals surface area contributed by atoms with Gasteiger partial charge in [-0.25, -0.2) is 0 Å². The Morgan fingerprint density at radius 3 is 2.73 bits per heavy atom. The molecule has 0 saturated carbocycles. The standard InChI is InChI=1S/C29H37N3O8/c1-3-4-10-32(20-6-5-9-30-15-20)25(33)17-31-16-21(19-13-23(36-2)28-24(14-19)39-18-40-28)27(29(34)35)22(31)7-8-26-37-11-12-38-26/h5-6,9,13-15,21-22,26-27H,3-4,7-8,10-12,16-18H2,1-2H3,(H,34,35)/t21-,22+,27-/m1/s1. The summed E-state index contributed by atoms with van der Waals surface area (Å²) in [5.41, 5.74) is 1.51. The molecule has 3 atom stereocenters. The Bertz CT molecular complexity index is 1170. The summed E-state index contributed by atoms with van der Waals surface area (Å²) in [5.74, 6) is -0.626. The fourth-order valence-corrected chi connectivity index (χ4v) is 5.92. The number of unbranched alkanes of at least 4 members (excludes halogenated alkanes) is 1. The molecule has 3 aliphatic rings. The Kier molecular flexibility index (Phi) is 9.03. The first-order chi connectivity index (χ1) is 19.5. The van der Waals surface area contributed by atoms with Crippen molar-refractivity contribution in [3.05, 3.63) is 42.2 Å². The van der Waals surface area contributed by atoms with Crippen LogP contribution in [0.4, 0.5) is 5.69 Å². The van der Waals surface area contributed by atoms with Crippen LogP contribution < -0.4 is 19.1 Å². The number of carboxylic acids is 1. The van der Waals surface area contributed by atoms with Crippen molar-refractivity contribution in [1.82, 2.24) is 9.88 Å². The van der Waals surface area contributed by atoms with Gasteiger partial charge in [0.15, 0.2) is 17.8 Å². The minimum atomic E-state index is -0.912. The summed E-state index contributed by atoms with van der Waals surface area (Å²) in [5, 5.41) is 10.5. The van der Waals surface area contributed by atoms with Gasteiger partial charge in [-0.15, -0.1) is 0 Å². The molecule has 11 nitrogen and oxygen atoms in total. The molecule has 1 amide bonds. The van der Waals surface area contributed by atoms with Crippen molar-refractivity contribution in [3.8, 4) is 17.2 Å². The number of hydrogen-bond donors (Lipinski definition) is 1. The van der Waals surface area contributed by atoms with Gasteiger partial charge in [0.25, 0.3) is 0 Å². The number of methoxy groups -OCH3 is 1. The van der Waals surface area contributed by atoms with Gasteiger partial charge in [-0.1, -0.05) is 13.3 Å². The summed E-state index contributed by atoms with van der Waals surface area (Å²) < 4.78 is 28.0. The minimum Gasteiger partial charge on any atom is -0.493 e. The van der Waals surface area contributed by atoms with Gasteiger partial charge in [0.2, 0.25) is 18.4 Å². The van der Waals surface area contributed by atoms with E-state index in [2.05, 4.69) is 11.9 Å². The maximum atomic E-state index is 13.8. The van der Waals surface area contributed by atoms with E-state index in [0.717, 1.165) is 24.1 Å². The molecule has 5 rings (SSSR count). The van der Waals surface area contributed by atoms with Crippen molar-refractivity contribution in [3.63, 3.8) is 0 Å². The lowest BCUT2D eigenvalue weighted by Crippen LogP contribution is -2.44. The lowest BCUT2D eigenvalue weighted by Gasteiger charge is -2.30. The van der Waals surface area contributed by atoms with Crippen LogP contribution in [0.5, 0.6) is 17.2 Å². The van der Waals surface area contributed by atoms with Gasteiger partial charge < -0.3 is 33.7 Å². The molecule has 0 radical (unpaired) electrons. The summed E-state index contributed by atoms with van der Waals surface area (Å²) >= 11 is 0. The number of aliphatic carboxylic acids is 1. The number of nitrogens with zero attached hydrogens (tertiary/aromatic N) is 3. The van der Waals surface area contributed by atoms with E-state index in [-0.39, 0.29) is 25.5 Å². The summed E-state index contributed by atoms with van der Waals surface area (Å²) in [6.07, 6.45) is 5.83. The van der Waals surface area contributed by atoms with E-state index in [9.17, 15) is 14.7 Å². The lowest BCUT2D eigenvalue weighted by molar-refractivity contribution is -0.143. The third-order valence-corrected chi connectivity index (χ3v) is 7.86. The van der Waals surface area contributed by atoms with Gasteiger partial charge >= 0.3 is 5.97 Å². The number of amides is 1. The van der Waals surface area contributed by atoms with E-state index in [1.165, 1.54) is 0 Å². The molecule has 0 unspecified atom stereocenters. The van der Waals surface area contributed by atoms with Crippen molar-refractivity contribution in [2.45, 2.75) is 50.9 Å². The van der Waals surface area contributed by atoms with Crippen LogP contribution in [0.25, 0.3) is 0 Å². The molecule has 0 bridgehead atoms. The maximum Gasteiger partial charge on any atom is 0.308 e. The number of carboxylic acid groups (broad SMARTS) is 1. The largest absolute Gasteiger partial charge is 0.493 e. The Balaban J connectivity index is 1.44. The lowest BCUT2D eigenvalue weighted by atomic mass is 9.83. The SMILES string of the molecule is CCCCN(C(=O)CN1C[C@H](c2cc(OC)c3c(c2)OCO3)[C@@H](C(=O)O)[C@@H]1CCC1OCCO1)c1cccnc1. The third-order valence-electron chi connectivity index (χ3n) is 7.86. The van der Waals surface area contributed by atoms with E-state index in [1.807, 2.05) is 29.2 Å². The van der Waals surface area contributed by atoms with Crippen molar-refractivity contribution in [2.24, 2.45) is 5.92 Å². The highest BCUT2D eigenvalue weighted by Gasteiger charge is 2.48. The van der Waals surface area contributed by atoms with Crippen LogP contribution in [0.1, 0.15) is 44.1 Å². The number of ether oxygens (including phenoxy) is 5. The molecule has 0 aliphatic carbocycles. The molecule has 0 spiro atoms. The topological polar surface area (TPSA) is 120 Å². The van der Waals surface area contributed by atoms with Crippen LogP contribution in [-0.4, -0.2) is 85.9 Å². The number of likely N-dealkylation sites (tertiary alicyclic amines) is 1. The van der Waals surface area contributed by atoms with Crippen LogP contribution >= 0.6 is 0 Å². The highest BCUT2D eigenvalue weighted by Crippen LogP contribution is 2.47. The molecule has 216 valence electrons. The zero-order valence-electron chi connectivity index (χ0n) is 23.0. The second-order valence-corrected chi connectivity index (χ2v) is 10.3. The number of carbonyl (C=O) groups is 2. The Hall–Kier alpha value is -3.41. The van der Waals surface area contributed by atoms with Gasteiger partial charge in [-0.3, -0.25) is 19.5 Å². The molecule has 2 fully saturated rings. The number of hydrogen-bond acceptors (Lipinski definition) is 9. The fraction of sp³-hybridized carbons (Fsp3) is 0.552. The van der Waals surface area contributed by atoms with Crippen molar-refractivity contribution < 1.29 is 38.4 Å². The first kappa shape index (κ1) is 28.1. The van der Waals surface area contributed by atoms with E-state index in [0.29, 0.717) is 56.4 Å². The minimum absolute atomic E-state index is 0.0781. The monoisotopic (exact) mass is 555 g/mol. The number of pyridine rings is 1. The molecule has 2 saturated heterocycles. The highest BCUT2D eigenvalue weighted by atomic mass is 16.7. The number of carbonyl (C=O) groups excluding carboxylic acids is 1. The molecule has 1 N–H and O–H groups in total. The first-order valence-electron chi connectivity index (χ1n) is 13.9. The van der Waals surface area contributed by atoms with Crippen LogP contribution in [0.3, 0.4) is 0 Å². The number of aromatic nitrogens is 1. The Labute approximate surface area is 233 Å². The van der Waals surface area contributed by atoms with Crippen LogP contribution in [0, 0.1) is 5.92 Å². The number of rotatable bonds is 12. The van der Waals surface area contributed by atoms with Gasteiger partial charge in [-0.2, -0.15) is 0 Å². The summed E-state index contributed by atoms with van der Waals surface area (Å²) in [4.78, 5) is 34.6. The van der Waals surface area contributed by atoms with Crippen LogP contribution in [0.2, 0.25) is 0 Å². The van der Waals surface area contributed by atoms with Crippen molar-refractivity contribution in [2.75, 3.05) is 51.7 Å². The van der Waals surface area contributed by atoms with E-state index in [4.69, 9.17) is 23.7 Å². The smallest absolute Gasteiger partial charge is 0.308 e. The molecule has 11 heteroatoms. The molecule has 3 aliphatic heterocycles. The summed E-state index contributed by atoms with van der Waals surface area (Å²) in [7, 11) is 1.54. The van der Waals surface area contributed by atoms with Gasteiger partial charge in [0.05, 0.1) is 44.7 Å². The predicted octanol–water partition coefficient (Wildman–Crippen LogP) is 3.27. The van der Waals surface area contributed by atoms with Gasteiger partial charge in [-0.05, 0) is 49.1 Å². The predicted molar refractivity (Wildman–Crippen MR) is 145 cm³/mol. The summed E-state index contributed by atoms with van der Waals surface area (Å²) in [6.45, 7) is 4.24. The second-order valence-electron chi connectivity index (χ2n) is 10.3. The Morgan fingerprint density at radius 1 is 1.20 bits per heavy atom. The van der Waals surface area contributed by atoms with Gasteiger partial charge in [0, 0.05) is 31.2 Å². The van der Waals surface area contributed by atoms with E-state index < -0.39 is 23.8 Å². The zero-order chi connectivity index (χ0) is 28.1. The summed E-state index contributed by atoms with van der Waals surface area (Å²) in [6, 6.07) is 6.94. The molecule has 4 heterocycles. The number of anilines is 1. The van der Waals surface area contributed by atoms with Crippen molar-refractivity contribution in [1.29, 1.82) is 0 Å². The molecular formula is C29H37N3O8. The number of fused-ring (bicyclic) bond motifs is 1. The van der Waals surface area contributed by atoms with Gasteiger partial charge in [0.1, 0.15) is 0 Å². The highest BCUT2D eigenvalue weighted by molar-refractivity contribution is 5.94. The van der Waals surface area contributed by atoms with E-state index >= 15 is 0 Å². The molecule has 40 heavy (non-hydrogen) atoms. The normalized spacial score (nSPS) is 22.5. The fourth-order valence-electron chi connectivity index (χ4n) is 5.92. The second kappa shape index (κ2) is 12.8. The zero-order valence-corrected chi connectivity index (χ0v) is 23.0. The number of benzene rings is 1. The molecule has 1 aromatic carbocycles. The molecule has 1 aromatic heterocycles. The van der Waals surface area contributed by atoms with Crippen LogP contribution in [-0.2, 0) is 19.1 Å². The first-order valence-corrected chi connectivity index (χ1v) is 13.9. The third kappa shape index (κ3) is 6.01. The maximum absolute atomic E-state index is 13.8. The molecule has 2 aromatic rings. The quantitative estimate of drug-likeness (QED) is 0.418. The van der Waals surface area contributed by atoms with Crippen molar-refractivity contribution >= 4 is 17.6 Å². The van der Waals surface area contributed by atoms with E-state index in [1.54, 1.807) is 24.4 Å². The Morgan fingerprint density at radius 2 is 2.02 bits per heavy atom. The average molecular weight is 556 g/mol. The average Bonchev–Trinajstić information content (AvgIpc) is 3.72.